The molecule has 0 aliphatic carbocycles. The number of aliphatic hydroxyl groups is 1. The van der Waals surface area contributed by atoms with Gasteiger partial charge in [-0.05, 0) is 18.2 Å². The fourth-order valence-corrected chi connectivity index (χ4v) is 1.98. The van der Waals surface area contributed by atoms with Crippen LogP contribution in [0.25, 0.3) is 0 Å². The Morgan fingerprint density at radius 2 is 1.75 bits per heavy atom. The first kappa shape index (κ1) is 9.18. The average Bonchev–Trinajstić information content (AvgIpc) is 2.89. The molecule has 0 unspecified atom stereocenters. The van der Waals surface area contributed by atoms with Gasteiger partial charge in [0.2, 0.25) is 0 Å². The van der Waals surface area contributed by atoms with Crippen molar-refractivity contribution >= 4 is 5.91 Å². The molecule has 0 saturated carbocycles. The van der Waals surface area contributed by atoms with Crippen LogP contribution in [-0.4, -0.2) is 15.7 Å². The number of hydrogen-bond donors (Lipinski definition) is 1. The highest BCUT2D eigenvalue weighted by Gasteiger charge is 2.36. The first-order valence-electron chi connectivity index (χ1n) is 5.03. The smallest absolute Gasteiger partial charge is 0.275 e. The van der Waals surface area contributed by atoms with E-state index in [1.165, 1.54) is 5.01 Å². The Kier molecular flexibility index (Phi) is 1.84. The summed E-state index contributed by atoms with van der Waals surface area (Å²) in [6.07, 6.45) is 2.55. The molecule has 0 bridgehead atoms. The van der Waals surface area contributed by atoms with Crippen molar-refractivity contribution in [2.75, 3.05) is 5.01 Å². The fraction of sp³-hybridized carbons (Fsp3) is 0.0833. The van der Waals surface area contributed by atoms with E-state index in [-0.39, 0.29) is 5.91 Å². The average molecular weight is 214 g/mol. The van der Waals surface area contributed by atoms with Crippen molar-refractivity contribution in [1.82, 2.24) is 4.68 Å². The van der Waals surface area contributed by atoms with E-state index in [1.54, 1.807) is 35.3 Å². The Labute approximate surface area is 92.3 Å². The predicted molar refractivity (Wildman–Crippen MR) is 58.4 cm³/mol. The largest absolute Gasteiger partial charge is 0.368 e. The van der Waals surface area contributed by atoms with Crippen LogP contribution in [0, 0.1) is 0 Å². The monoisotopic (exact) mass is 214 g/mol. The molecule has 2 aromatic rings. The number of hydrogen-bond acceptors (Lipinski definition) is 2. The van der Waals surface area contributed by atoms with Gasteiger partial charge in [-0.2, -0.15) is 0 Å². The van der Waals surface area contributed by atoms with Gasteiger partial charge < -0.3 is 5.11 Å². The SMILES string of the molecule is O=C1c2ccccc2[C@H](O)N1n1cccc1. The summed E-state index contributed by atoms with van der Waals surface area (Å²) in [4.78, 5) is 12.1. The van der Waals surface area contributed by atoms with Crippen LogP contribution in [0.1, 0.15) is 22.1 Å². The molecule has 16 heavy (non-hydrogen) atoms. The molecular weight excluding hydrogens is 204 g/mol. The van der Waals surface area contributed by atoms with Gasteiger partial charge in [-0.1, -0.05) is 18.2 Å². The molecular formula is C12H10N2O2. The minimum Gasteiger partial charge on any atom is -0.368 e. The Morgan fingerprint density at radius 1 is 1.06 bits per heavy atom. The molecule has 1 amide bonds. The van der Waals surface area contributed by atoms with Gasteiger partial charge in [0.05, 0.1) is 0 Å². The van der Waals surface area contributed by atoms with Gasteiger partial charge in [0.1, 0.15) is 0 Å². The lowest BCUT2D eigenvalue weighted by molar-refractivity contribution is 0.0866. The summed E-state index contributed by atoms with van der Waals surface area (Å²) in [5.74, 6) is -0.181. The van der Waals surface area contributed by atoms with E-state index in [4.69, 9.17) is 0 Å². The van der Waals surface area contributed by atoms with Gasteiger partial charge in [-0.3, -0.25) is 9.47 Å². The predicted octanol–water partition coefficient (Wildman–Crippen LogP) is 1.27. The van der Waals surface area contributed by atoms with Crippen molar-refractivity contribution in [3.8, 4) is 0 Å². The van der Waals surface area contributed by atoms with Crippen molar-refractivity contribution < 1.29 is 9.90 Å². The Morgan fingerprint density at radius 3 is 2.44 bits per heavy atom. The second-order valence-electron chi connectivity index (χ2n) is 3.67. The van der Waals surface area contributed by atoms with E-state index < -0.39 is 6.23 Å². The lowest BCUT2D eigenvalue weighted by atomic mass is 10.1. The van der Waals surface area contributed by atoms with Crippen LogP contribution >= 0.6 is 0 Å². The van der Waals surface area contributed by atoms with Crippen LogP contribution < -0.4 is 5.01 Å². The Hall–Kier alpha value is -2.07. The van der Waals surface area contributed by atoms with Crippen LogP contribution in [0.15, 0.2) is 48.8 Å². The summed E-state index contributed by atoms with van der Waals surface area (Å²) in [7, 11) is 0. The minimum atomic E-state index is -0.906. The molecule has 80 valence electrons. The quantitative estimate of drug-likeness (QED) is 0.777. The van der Waals surface area contributed by atoms with Gasteiger partial charge in [0.25, 0.3) is 5.91 Å². The van der Waals surface area contributed by atoms with Crippen LogP contribution in [0.5, 0.6) is 0 Å². The molecule has 1 aromatic carbocycles. The van der Waals surface area contributed by atoms with Gasteiger partial charge in [-0.25, -0.2) is 5.01 Å². The summed E-state index contributed by atoms with van der Waals surface area (Å²) in [6.45, 7) is 0. The topological polar surface area (TPSA) is 45.5 Å². The third-order valence-electron chi connectivity index (χ3n) is 2.75. The zero-order valence-electron chi connectivity index (χ0n) is 8.45. The number of fused-ring (bicyclic) bond motifs is 1. The minimum absolute atomic E-state index is 0.181. The molecule has 3 rings (SSSR count). The maximum Gasteiger partial charge on any atom is 0.275 e. The summed E-state index contributed by atoms with van der Waals surface area (Å²) < 4.78 is 1.59. The van der Waals surface area contributed by atoms with Gasteiger partial charge in [-0.15, -0.1) is 0 Å². The van der Waals surface area contributed by atoms with E-state index in [0.29, 0.717) is 11.1 Å². The second-order valence-corrected chi connectivity index (χ2v) is 3.67. The van der Waals surface area contributed by atoms with Crippen LogP contribution in [0.2, 0.25) is 0 Å². The van der Waals surface area contributed by atoms with Crippen LogP contribution in [-0.2, 0) is 0 Å². The first-order valence-corrected chi connectivity index (χ1v) is 5.03. The third-order valence-corrected chi connectivity index (χ3v) is 2.75. The molecule has 1 aliphatic heterocycles. The molecule has 1 aliphatic rings. The molecule has 2 heterocycles. The lowest BCUT2D eigenvalue weighted by Crippen LogP contribution is -2.37. The number of amides is 1. The summed E-state index contributed by atoms with van der Waals surface area (Å²) in [5, 5.41) is 11.4. The zero-order valence-corrected chi connectivity index (χ0v) is 8.45. The van der Waals surface area contributed by atoms with Gasteiger partial charge >= 0.3 is 0 Å². The number of aliphatic hydroxyl groups excluding tert-OH is 1. The number of nitrogens with zero attached hydrogens (tertiary/aromatic N) is 2. The third kappa shape index (κ3) is 1.10. The fourth-order valence-electron chi connectivity index (χ4n) is 1.98. The highest BCUT2D eigenvalue weighted by Crippen LogP contribution is 2.29. The van der Waals surface area contributed by atoms with Gasteiger partial charge in [0.15, 0.2) is 6.23 Å². The number of rotatable bonds is 1. The lowest BCUT2D eigenvalue weighted by Gasteiger charge is -2.21. The Balaban J connectivity index is 2.11. The normalized spacial score (nSPS) is 18.9. The summed E-state index contributed by atoms with van der Waals surface area (Å²) >= 11 is 0. The zero-order chi connectivity index (χ0) is 11.1. The van der Waals surface area contributed by atoms with E-state index >= 15 is 0 Å². The first-order chi connectivity index (χ1) is 7.79. The van der Waals surface area contributed by atoms with Gasteiger partial charge in [0, 0.05) is 23.5 Å². The standard InChI is InChI=1S/C12H10N2O2/c15-11-9-5-1-2-6-10(9)12(16)14(11)13-7-3-4-8-13/h1-8,11,15H/t11-/m0/s1. The van der Waals surface area contributed by atoms with E-state index in [0.717, 1.165) is 0 Å². The number of benzene rings is 1. The highest BCUT2D eigenvalue weighted by atomic mass is 16.3. The van der Waals surface area contributed by atoms with Crippen LogP contribution in [0.4, 0.5) is 0 Å². The van der Waals surface area contributed by atoms with E-state index in [1.807, 2.05) is 18.2 Å². The van der Waals surface area contributed by atoms with E-state index in [9.17, 15) is 9.90 Å². The van der Waals surface area contributed by atoms with E-state index in [2.05, 4.69) is 0 Å². The number of carbonyl (C=O) groups excluding carboxylic acids is 1. The molecule has 4 heteroatoms. The highest BCUT2D eigenvalue weighted by molar-refractivity contribution is 6.06. The molecule has 1 aromatic heterocycles. The maximum absolute atomic E-state index is 12.1. The van der Waals surface area contributed by atoms with Crippen LogP contribution in [0.3, 0.4) is 0 Å². The number of carbonyl (C=O) groups is 1. The van der Waals surface area contributed by atoms with Crippen molar-refractivity contribution in [1.29, 1.82) is 0 Å². The summed E-state index contributed by atoms with van der Waals surface area (Å²) in [6, 6.07) is 10.7. The summed E-state index contributed by atoms with van der Waals surface area (Å²) in [5.41, 5.74) is 1.21. The molecule has 0 radical (unpaired) electrons. The van der Waals surface area contributed by atoms with Crippen molar-refractivity contribution in [2.45, 2.75) is 6.23 Å². The Bertz CT molecular complexity index is 534. The maximum atomic E-state index is 12.1. The number of aromatic nitrogens is 1. The molecule has 0 saturated heterocycles. The van der Waals surface area contributed by atoms with Crippen molar-refractivity contribution in [3.05, 3.63) is 59.9 Å². The second kappa shape index (κ2) is 3.21. The molecule has 0 spiro atoms. The molecule has 1 N–H and O–H groups in total. The molecule has 0 fully saturated rings. The molecule has 1 atom stereocenters. The molecule has 4 nitrogen and oxygen atoms in total. The van der Waals surface area contributed by atoms with Crippen molar-refractivity contribution in [2.24, 2.45) is 0 Å². The van der Waals surface area contributed by atoms with Crippen molar-refractivity contribution in [3.63, 3.8) is 0 Å².